The van der Waals surface area contributed by atoms with E-state index in [9.17, 15) is 5.11 Å². The van der Waals surface area contributed by atoms with Crippen molar-refractivity contribution in [2.75, 3.05) is 26.7 Å². The summed E-state index contributed by atoms with van der Waals surface area (Å²) in [5.74, 6) is 0.683. The van der Waals surface area contributed by atoms with E-state index >= 15 is 0 Å². The zero-order valence-electron chi connectivity index (χ0n) is 10.3. The second-order valence-corrected chi connectivity index (χ2v) is 4.83. The van der Waals surface area contributed by atoms with Crippen molar-refractivity contribution < 1.29 is 9.84 Å². The number of likely N-dealkylation sites (tertiary alicyclic amines) is 1. The highest BCUT2D eigenvalue weighted by atomic mass is 16.5. The fraction of sp³-hybridized carbons (Fsp3) is 1.00. The molecule has 1 aliphatic rings. The van der Waals surface area contributed by atoms with E-state index in [1.54, 1.807) is 7.11 Å². The first-order valence-electron chi connectivity index (χ1n) is 6.06. The molecule has 0 radical (unpaired) electrons. The van der Waals surface area contributed by atoms with Gasteiger partial charge in [-0.2, -0.15) is 0 Å². The van der Waals surface area contributed by atoms with E-state index in [-0.39, 0.29) is 6.10 Å². The van der Waals surface area contributed by atoms with Gasteiger partial charge >= 0.3 is 0 Å². The van der Waals surface area contributed by atoms with Crippen molar-refractivity contribution in [3.8, 4) is 0 Å². The Labute approximate surface area is 93.4 Å². The summed E-state index contributed by atoms with van der Waals surface area (Å²) < 4.78 is 5.47. The minimum Gasteiger partial charge on any atom is -0.393 e. The van der Waals surface area contributed by atoms with Gasteiger partial charge in [0.1, 0.15) is 0 Å². The Morgan fingerprint density at radius 1 is 1.53 bits per heavy atom. The summed E-state index contributed by atoms with van der Waals surface area (Å²) in [4.78, 5) is 2.45. The lowest BCUT2D eigenvalue weighted by molar-refractivity contribution is -0.00594. The lowest BCUT2D eigenvalue weighted by Gasteiger charge is -2.36. The molecule has 3 heteroatoms. The third-order valence-corrected chi connectivity index (χ3v) is 3.37. The van der Waals surface area contributed by atoms with Crippen LogP contribution in [0.2, 0.25) is 0 Å². The molecule has 90 valence electrons. The van der Waals surface area contributed by atoms with Gasteiger partial charge in [-0.3, -0.25) is 0 Å². The van der Waals surface area contributed by atoms with Crippen molar-refractivity contribution in [2.45, 2.75) is 45.3 Å². The van der Waals surface area contributed by atoms with E-state index in [0.717, 1.165) is 25.9 Å². The topological polar surface area (TPSA) is 32.7 Å². The molecule has 1 aliphatic heterocycles. The molecule has 3 nitrogen and oxygen atoms in total. The van der Waals surface area contributed by atoms with Crippen LogP contribution in [0.15, 0.2) is 0 Å². The summed E-state index contributed by atoms with van der Waals surface area (Å²) in [5.41, 5.74) is 0. The van der Waals surface area contributed by atoms with Gasteiger partial charge in [0.2, 0.25) is 0 Å². The number of aliphatic hydroxyl groups is 1. The second-order valence-electron chi connectivity index (χ2n) is 4.83. The van der Waals surface area contributed by atoms with Crippen LogP contribution in [0.5, 0.6) is 0 Å². The van der Waals surface area contributed by atoms with E-state index < -0.39 is 0 Å². The zero-order chi connectivity index (χ0) is 11.3. The van der Waals surface area contributed by atoms with Crippen LogP contribution in [-0.4, -0.2) is 49.0 Å². The maximum absolute atomic E-state index is 9.18. The van der Waals surface area contributed by atoms with E-state index in [0.29, 0.717) is 12.0 Å². The molecular weight excluding hydrogens is 190 g/mol. The molecule has 0 aromatic heterocycles. The van der Waals surface area contributed by atoms with Gasteiger partial charge in [0.15, 0.2) is 0 Å². The largest absolute Gasteiger partial charge is 0.393 e. The van der Waals surface area contributed by atoms with E-state index in [2.05, 4.69) is 11.8 Å². The minimum atomic E-state index is -0.160. The number of nitrogens with zero attached hydrogens (tertiary/aromatic N) is 1. The highest BCUT2D eigenvalue weighted by Crippen LogP contribution is 2.19. The van der Waals surface area contributed by atoms with Gasteiger partial charge in [0, 0.05) is 13.7 Å². The van der Waals surface area contributed by atoms with Crippen LogP contribution < -0.4 is 0 Å². The van der Waals surface area contributed by atoms with Crippen LogP contribution >= 0.6 is 0 Å². The predicted molar refractivity (Wildman–Crippen MR) is 61.9 cm³/mol. The molecule has 1 fully saturated rings. The van der Waals surface area contributed by atoms with E-state index in [1.165, 1.54) is 13.0 Å². The monoisotopic (exact) mass is 215 g/mol. The van der Waals surface area contributed by atoms with Gasteiger partial charge in [-0.1, -0.05) is 6.92 Å². The molecule has 0 spiro atoms. The van der Waals surface area contributed by atoms with Crippen LogP contribution in [0.1, 0.15) is 33.1 Å². The lowest BCUT2D eigenvalue weighted by Crippen LogP contribution is -2.44. The second kappa shape index (κ2) is 6.46. The number of aliphatic hydroxyl groups excluding tert-OH is 1. The Balaban J connectivity index is 2.20. The van der Waals surface area contributed by atoms with Crippen molar-refractivity contribution in [3.63, 3.8) is 0 Å². The Hall–Kier alpha value is -0.120. The van der Waals surface area contributed by atoms with Gasteiger partial charge in [-0.25, -0.2) is 0 Å². The molecule has 0 aromatic rings. The molecule has 1 rings (SSSR count). The molecule has 0 saturated carbocycles. The molecule has 3 atom stereocenters. The molecule has 0 amide bonds. The van der Waals surface area contributed by atoms with Crippen LogP contribution in [-0.2, 0) is 4.74 Å². The van der Waals surface area contributed by atoms with Crippen molar-refractivity contribution in [2.24, 2.45) is 5.92 Å². The predicted octanol–water partition coefficient (Wildman–Crippen LogP) is 1.50. The van der Waals surface area contributed by atoms with Crippen LogP contribution in [0, 0.1) is 5.92 Å². The molecular formula is C12H25NO2. The number of rotatable bonds is 5. The molecule has 1 heterocycles. The molecule has 1 saturated heterocycles. The van der Waals surface area contributed by atoms with Crippen LogP contribution in [0.3, 0.4) is 0 Å². The van der Waals surface area contributed by atoms with Gasteiger partial charge in [0.05, 0.1) is 12.2 Å². The average Bonchev–Trinajstić information content (AvgIpc) is 2.20. The summed E-state index contributed by atoms with van der Waals surface area (Å²) in [6.07, 6.45) is 3.46. The highest BCUT2D eigenvalue weighted by molar-refractivity contribution is 4.78. The number of hydrogen-bond acceptors (Lipinski definition) is 3. The van der Waals surface area contributed by atoms with Crippen molar-refractivity contribution in [1.82, 2.24) is 4.90 Å². The first-order chi connectivity index (χ1) is 7.13. The first-order valence-corrected chi connectivity index (χ1v) is 6.06. The SMILES string of the molecule is COC1CN(CCCC(C)O)CCC1C. The summed E-state index contributed by atoms with van der Waals surface area (Å²) in [5, 5.41) is 9.18. The number of hydrogen-bond donors (Lipinski definition) is 1. The van der Waals surface area contributed by atoms with Gasteiger partial charge < -0.3 is 14.7 Å². The van der Waals surface area contributed by atoms with Crippen molar-refractivity contribution in [3.05, 3.63) is 0 Å². The molecule has 15 heavy (non-hydrogen) atoms. The molecule has 0 bridgehead atoms. The van der Waals surface area contributed by atoms with Gasteiger partial charge in [-0.15, -0.1) is 0 Å². The normalized spacial score (nSPS) is 30.4. The van der Waals surface area contributed by atoms with Gasteiger partial charge in [0.25, 0.3) is 0 Å². The van der Waals surface area contributed by atoms with E-state index in [4.69, 9.17) is 4.74 Å². The van der Waals surface area contributed by atoms with Crippen LogP contribution in [0.25, 0.3) is 0 Å². The zero-order valence-corrected chi connectivity index (χ0v) is 10.3. The minimum absolute atomic E-state index is 0.160. The number of ether oxygens (including phenoxy) is 1. The lowest BCUT2D eigenvalue weighted by atomic mass is 9.95. The molecule has 0 aromatic carbocycles. The smallest absolute Gasteiger partial charge is 0.0724 e. The summed E-state index contributed by atoms with van der Waals surface area (Å²) in [6, 6.07) is 0. The summed E-state index contributed by atoms with van der Waals surface area (Å²) in [6.45, 7) is 7.45. The average molecular weight is 215 g/mol. The summed E-state index contributed by atoms with van der Waals surface area (Å²) in [7, 11) is 1.81. The first kappa shape index (κ1) is 12.9. The van der Waals surface area contributed by atoms with Crippen molar-refractivity contribution in [1.29, 1.82) is 0 Å². The Morgan fingerprint density at radius 2 is 2.27 bits per heavy atom. The van der Waals surface area contributed by atoms with Gasteiger partial charge in [-0.05, 0) is 45.2 Å². The van der Waals surface area contributed by atoms with Crippen LogP contribution in [0.4, 0.5) is 0 Å². The molecule has 0 aliphatic carbocycles. The quantitative estimate of drug-likeness (QED) is 0.754. The number of methoxy groups -OCH3 is 1. The highest BCUT2D eigenvalue weighted by Gasteiger charge is 2.25. The number of piperidine rings is 1. The maximum Gasteiger partial charge on any atom is 0.0724 e. The van der Waals surface area contributed by atoms with E-state index in [1.807, 2.05) is 6.92 Å². The molecule has 3 unspecified atom stereocenters. The van der Waals surface area contributed by atoms with Crippen molar-refractivity contribution >= 4 is 0 Å². The fourth-order valence-electron chi connectivity index (χ4n) is 2.22. The molecule has 1 N–H and O–H groups in total. The maximum atomic E-state index is 9.18. The third kappa shape index (κ3) is 4.49. The third-order valence-electron chi connectivity index (χ3n) is 3.37. The Morgan fingerprint density at radius 3 is 2.87 bits per heavy atom. The Kier molecular flexibility index (Phi) is 5.58. The standard InChI is InChI=1S/C12H25NO2/c1-10-6-8-13(9-12(10)15-3)7-4-5-11(2)14/h10-12,14H,4-9H2,1-3H3. The summed E-state index contributed by atoms with van der Waals surface area (Å²) >= 11 is 0. The fourth-order valence-corrected chi connectivity index (χ4v) is 2.22. The Bertz CT molecular complexity index is 173.